The summed E-state index contributed by atoms with van der Waals surface area (Å²) in [6, 6.07) is 4.95. The predicted molar refractivity (Wildman–Crippen MR) is 69.0 cm³/mol. The number of nitrogen functional groups attached to an aromatic ring is 1. The van der Waals surface area contributed by atoms with Crippen molar-refractivity contribution in [2.75, 3.05) is 24.2 Å². The van der Waals surface area contributed by atoms with E-state index in [2.05, 4.69) is 5.32 Å². The molecule has 1 aromatic carbocycles. The molecule has 1 aromatic rings. The van der Waals surface area contributed by atoms with E-state index < -0.39 is 5.91 Å². The fourth-order valence-corrected chi connectivity index (χ4v) is 1.40. The van der Waals surface area contributed by atoms with Crippen molar-refractivity contribution in [3.05, 3.63) is 23.8 Å². The Morgan fingerprint density at radius 2 is 2.18 bits per heavy atom. The Balaban J connectivity index is 2.62. The number of nitrogens with two attached hydrogens (primary N) is 2. The second-order valence-corrected chi connectivity index (χ2v) is 4.02. The van der Waals surface area contributed by atoms with Gasteiger partial charge in [0.15, 0.2) is 0 Å². The summed E-state index contributed by atoms with van der Waals surface area (Å²) >= 11 is 0. The summed E-state index contributed by atoms with van der Waals surface area (Å²) in [5.74, 6) is -0.475. The summed E-state index contributed by atoms with van der Waals surface area (Å²) in [6.45, 7) is 5.09. The normalized spacial score (nSPS) is 10.5. The van der Waals surface area contributed by atoms with Gasteiger partial charge in [0.1, 0.15) is 0 Å². The number of benzene rings is 1. The summed E-state index contributed by atoms with van der Waals surface area (Å²) in [6.07, 6.45) is 0.188. The van der Waals surface area contributed by atoms with Crippen LogP contribution in [0.2, 0.25) is 0 Å². The van der Waals surface area contributed by atoms with E-state index in [9.17, 15) is 4.79 Å². The van der Waals surface area contributed by atoms with Gasteiger partial charge in [0, 0.05) is 17.9 Å². The molecular weight excluding hydrogens is 218 g/mol. The Kier molecular flexibility index (Phi) is 4.78. The van der Waals surface area contributed by atoms with Crippen LogP contribution in [-0.4, -0.2) is 25.2 Å². The molecule has 0 radical (unpaired) electrons. The van der Waals surface area contributed by atoms with Crippen molar-refractivity contribution in [3.63, 3.8) is 0 Å². The van der Waals surface area contributed by atoms with Crippen molar-refractivity contribution < 1.29 is 9.53 Å². The van der Waals surface area contributed by atoms with E-state index in [1.165, 1.54) is 0 Å². The molecule has 0 fully saturated rings. The molecule has 5 heteroatoms. The number of nitrogens with one attached hydrogen (secondary N) is 1. The molecule has 0 bridgehead atoms. The Labute approximate surface area is 101 Å². The summed E-state index contributed by atoms with van der Waals surface area (Å²) < 4.78 is 5.38. The van der Waals surface area contributed by atoms with Gasteiger partial charge < -0.3 is 21.5 Å². The molecule has 0 atom stereocenters. The third-order valence-corrected chi connectivity index (χ3v) is 2.18. The lowest BCUT2D eigenvalue weighted by molar-refractivity contribution is 0.0869. The van der Waals surface area contributed by atoms with E-state index in [-0.39, 0.29) is 6.10 Å². The Morgan fingerprint density at radius 1 is 1.47 bits per heavy atom. The van der Waals surface area contributed by atoms with Crippen molar-refractivity contribution in [1.82, 2.24) is 0 Å². The number of hydrogen-bond donors (Lipinski definition) is 3. The number of carbonyl (C=O) groups is 1. The molecule has 0 spiro atoms. The van der Waals surface area contributed by atoms with E-state index >= 15 is 0 Å². The monoisotopic (exact) mass is 237 g/mol. The van der Waals surface area contributed by atoms with Gasteiger partial charge in [-0.3, -0.25) is 4.79 Å². The van der Waals surface area contributed by atoms with Crippen LogP contribution in [-0.2, 0) is 4.74 Å². The molecule has 0 saturated heterocycles. The number of carbonyl (C=O) groups excluding carboxylic acids is 1. The van der Waals surface area contributed by atoms with Crippen LogP contribution in [0.4, 0.5) is 11.4 Å². The summed E-state index contributed by atoms with van der Waals surface area (Å²) in [5, 5.41) is 3.08. The second-order valence-electron chi connectivity index (χ2n) is 4.02. The van der Waals surface area contributed by atoms with Gasteiger partial charge in [-0.25, -0.2) is 0 Å². The maximum atomic E-state index is 11.2. The van der Waals surface area contributed by atoms with Crippen LogP contribution in [0.15, 0.2) is 18.2 Å². The molecule has 5 N–H and O–H groups in total. The van der Waals surface area contributed by atoms with Gasteiger partial charge in [0.2, 0.25) is 0 Å². The highest BCUT2D eigenvalue weighted by Gasteiger charge is 2.07. The highest BCUT2D eigenvalue weighted by molar-refractivity contribution is 5.99. The summed E-state index contributed by atoms with van der Waals surface area (Å²) in [7, 11) is 0. The molecule has 0 heterocycles. The minimum Gasteiger partial charge on any atom is -0.399 e. The maximum Gasteiger partial charge on any atom is 0.250 e. The lowest BCUT2D eigenvalue weighted by Crippen LogP contribution is -2.18. The topological polar surface area (TPSA) is 90.4 Å². The zero-order chi connectivity index (χ0) is 12.8. The molecular formula is C12H19N3O2. The van der Waals surface area contributed by atoms with Crippen LogP contribution in [0.1, 0.15) is 24.2 Å². The molecule has 94 valence electrons. The number of ether oxygens (including phenoxy) is 1. The standard InChI is InChI=1S/C12H19N3O2/c1-8(2)17-6-5-15-11-7-9(13)3-4-10(11)12(14)16/h3-4,7-8,15H,5-6,13H2,1-2H3,(H2,14,16). The van der Waals surface area contributed by atoms with Crippen LogP contribution in [0.3, 0.4) is 0 Å². The number of rotatable bonds is 6. The van der Waals surface area contributed by atoms with E-state index in [1.54, 1.807) is 18.2 Å². The average Bonchev–Trinajstić information content (AvgIpc) is 2.23. The van der Waals surface area contributed by atoms with E-state index in [4.69, 9.17) is 16.2 Å². The zero-order valence-corrected chi connectivity index (χ0v) is 10.2. The maximum absolute atomic E-state index is 11.2. The van der Waals surface area contributed by atoms with Gasteiger partial charge in [-0.2, -0.15) is 0 Å². The molecule has 17 heavy (non-hydrogen) atoms. The van der Waals surface area contributed by atoms with Gasteiger partial charge in [-0.15, -0.1) is 0 Å². The third-order valence-electron chi connectivity index (χ3n) is 2.18. The summed E-state index contributed by atoms with van der Waals surface area (Å²) in [4.78, 5) is 11.2. The van der Waals surface area contributed by atoms with Crippen molar-refractivity contribution >= 4 is 17.3 Å². The summed E-state index contributed by atoms with van der Waals surface area (Å²) in [5.41, 5.74) is 12.6. The molecule has 0 unspecified atom stereocenters. The molecule has 0 saturated carbocycles. The number of primary amides is 1. The minimum atomic E-state index is -0.475. The quantitative estimate of drug-likeness (QED) is 0.512. The van der Waals surface area contributed by atoms with Crippen LogP contribution in [0, 0.1) is 0 Å². The Morgan fingerprint density at radius 3 is 2.76 bits per heavy atom. The van der Waals surface area contributed by atoms with Crippen LogP contribution in [0.25, 0.3) is 0 Å². The van der Waals surface area contributed by atoms with Crippen LogP contribution in [0.5, 0.6) is 0 Å². The van der Waals surface area contributed by atoms with Gasteiger partial charge in [-0.1, -0.05) is 0 Å². The first-order valence-electron chi connectivity index (χ1n) is 5.55. The van der Waals surface area contributed by atoms with Crippen molar-refractivity contribution in [2.45, 2.75) is 20.0 Å². The number of amides is 1. The first-order valence-corrected chi connectivity index (χ1v) is 5.55. The Hall–Kier alpha value is -1.75. The fourth-order valence-electron chi connectivity index (χ4n) is 1.40. The minimum absolute atomic E-state index is 0.188. The molecule has 5 nitrogen and oxygen atoms in total. The number of anilines is 2. The second kappa shape index (κ2) is 6.10. The first-order chi connectivity index (χ1) is 8.00. The van der Waals surface area contributed by atoms with E-state index in [1.807, 2.05) is 13.8 Å². The van der Waals surface area contributed by atoms with Gasteiger partial charge in [-0.05, 0) is 32.0 Å². The largest absolute Gasteiger partial charge is 0.399 e. The van der Waals surface area contributed by atoms with Crippen molar-refractivity contribution in [2.24, 2.45) is 5.73 Å². The molecule has 0 aliphatic heterocycles. The van der Waals surface area contributed by atoms with Crippen LogP contribution < -0.4 is 16.8 Å². The smallest absolute Gasteiger partial charge is 0.250 e. The van der Waals surface area contributed by atoms with Gasteiger partial charge in [0.25, 0.3) is 5.91 Å². The molecule has 0 aromatic heterocycles. The highest BCUT2D eigenvalue weighted by atomic mass is 16.5. The number of hydrogen-bond acceptors (Lipinski definition) is 4. The van der Waals surface area contributed by atoms with Gasteiger partial charge >= 0.3 is 0 Å². The van der Waals surface area contributed by atoms with Crippen molar-refractivity contribution in [3.8, 4) is 0 Å². The van der Waals surface area contributed by atoms with E-state index in [0.717, 1.165) is 0 Å². The van der Waals surface area contributed by atoms with E-state index in [0.29, 0.717) is 30.1 Å². The highest BCUT2D eigenvalue weighted by Crippen LogP contribution is 2.18. The molecule has 0 aliphatic rings. The molecule has 1 rings (SSSR count). The Bertz CT molecular complexity index is 391. The zero-order valence-electron chi connectivity index (χ0n) is 10.2. The van der Waals surface area contributed by atoms with Gasteiger partial charge in [0.05, 0.1) is 18.3 Å². The lowest BCUT2D eigenvalue weighted by Gasteiger charge is -2.12. The van der Waals surface area contributed by atoms with Crippen molar-refractivity contribution in [1.29, 1.82) is 0 Å². The lowest BCUT2D eigenvalue weighted by atomic mass is 10.1. The third kappa shape index (κ3) is 4.32. The fraction of sp³-hybridized carbons (Fsp3) is 0.417. The van der Waals surface area contributed by atoms with Crippen LogP contribution >= 0.6 is 0 Å². The SMILES string of the molecule is CC(C)OCCNc1cc(N)ccc1C(N)=O. The average molecular weight is 237 g/mol. The molecule has 0 aliphatic carbocycles. The molecule has 1 amide bonds. The predicted octanol–water partition coefficient (Wildman–Crippen LogP) is 1.20. The first kappa shape index (κ1) is 13.3.